The molecule has 1 unspecified atom stereocenters. The zero-order valence-corrected chi connectivity index (χ0v) is 21.9. The Bertz CT molecular complexity index is 1080. The van der Waals surface area contributed by atoms with E-state index in [0.717, 1.165) is 10.5 Å². The van der Waals surface area contributed by atoms with E-state index in [-0.39, 0.29) is 13.2 Å². The molecule has 2 aromatic rings. The first-order valence-electron chi connectivity index (χ1n) is 11.9. The molecule has 0 fully saturated rings. The summed E-state index contributed by atoms with van der Waals surface area (Å²) in [5.41, 5.74) is 0.675. The molecular weight excluding hydrogens is 466 g/mol. The van der Waals surface area contributed by atoms with Gasteiger partial charge in [0.15, 0.2) is 0 Å². The molecule has 0 saturated heterocycles. The number of benzene rings is 1. The Kier molecular flexibility index (Phi) is 7.86. The van der Waals surface area contributed by atoms with Gasteiger partial charge in [-0.3, -0.25) is 0 Å². The lowest BCUT2D eigenvalue weighted by molar-refractivity contribution is -0.00938. The molecule has 3 rings (SSSR count). The lowest BCUT2D eigenvalue weighted by Crippen LogP contribution is -2.46. The van der Waals surface area contributed by atoms with Crippen molar-refractivity contribution in [3.8, 4) is 5.75 Å². The highest BCUT2D eigenvalue weighted by Gasteiger charge is 2.42. The average Bonchev–Trinajstić information content (AvgIpc) is 3.37. The van der Waals surface area contributed by atoms with Crippen LogP contribution >= 0.6 is 0 Å². The van der Waals surface area contributed by atoms with Gasteiger partial charge in [0.1, 0.15) is 35.3 Å². The number of hydrogen-bond acceptors (Lipinski definition) is 8. The summed E-state index contributed by atoms with van der Waals surface area (Å²) in [5.74, 6) is 0.0848. The zero-order chi connectivity index (χ0) is 26.7. The van der Waals surface area contributed by atoms with Crippen molar-refractivity contribution in [3.63, 3.8) is 0 Å². The molecule has 196 valence electrons. The summed E-state index contributed by atoms with van der Waals surface area (Å²) in [6.45, 7) is 12.7. The molecule has 0 bridgehead atoms. The smallest absolute Gasteiger partial charge is 0.420 e. The van der Waals surface area contributed by atoms with Gasteiger partial charge in [0.05, 0.1) is 12.3 Å². The van der Waals surface area contributed by atoms with Crippen molar-refractivity contribution in [2.45, 2.75) is 72.3 Å². The summed E-state index contributed by atoms with van der Waals surface area (Å²) < 4.78 is 22.0. The first-order valence-corrected chi connectivity index (χ1v) is 11.9. The summed E-state index contributed by atoms with van der Waals surface area (Å²) in [7, 11) is 0. The summed E-state index contributed by atoms with van der Waals surface area (Å²) in [4.78, 5) is 42.5. The minimum absolute atomic E-state index is 0.0586. The Balaban J connectivity index is 1.92. The molecule has 10 nitrogen and oxygen atoms in total. The third kappa shape index (κ3) is 6.50. The number of aromatic amines is 1. The SMILES string of the molecule is CCOC(=O)c1[nH]ccc1NCc1cccc2c1C(N(C(=O)OC(C)(C)C)C(=O)OC(C)(C)C)CO2. The Hall–Kier alpha value is -3.69. The van der Waals surface area contributed by atoms with Crippen LogP contribution in [0.3, 0.4) is 0 Å². The molecule has 1 aromatic carbocycles. The summed E-state index contributed by atoms with van der Waals surface area (Å²) >= 11 is 0. The number of carbonyl (C=O) groups is 3. The number of ether oxygens (including phenoxy) is 4. The fourth-order valence-electron chi connectivity index (χ4n) is 3.73. The highest BCUT2D eigenvalue weighted by Crippen LogP contribution is 2.40. The second kappa shape index (κ2) is 10.5. The summed E-state index contributed by atoms with van der Waals surface area (Å²) in [6, 6.07) is 6.44. The number of imide groups is 1. The number of anilines is 1. The van der Waals surface area contributed by atoms with E-state index in [1.54, 1.807) is 66.8 Å². The van der Waals surface area contributed by atoms with Crippen molar-refractivity contribution < 1.29 is 33.3 Å². The highest BCUT2D eigenvalue weighted by atomic mass is 16.6. The quantitative estimate of drug-likeness (QED) is 0.398. The maximum atomic E-state index is 13.2. The number of rotatable bonds is 6. The number of esters is 1. The van der Waals surface area contributed by atoms with Crippen LogP contribution in [-0.2, 0) is 20.8 Å². The molecule has 10 heteroatoms. The van der Waals surface area contributed by atoms with E-state index in [1.165, 1.54) is 0 Å². The van der Waals surface area contributed by atoms with Crippen LogP contribution in [0.15, 0.2) is 30.5 Å². The normalized spacial score (nSPS) is 14.9. The third-order valence-electron chi connectivity index (χ3n) is 5.07. The van der Waals surface area contributed by atoms with E-state index in [1.807, 2.05) is 12.1 Å². The number of aromatic nitrogens is 1. The lowest BCUT2D eigenvalue weighted by atomic mass is 10.00. The molecule has 36 heavy (non-hydrogen) atoms. The lowest BCUT2D eigenvalue weighted by Gasteiger charge is -2.31. The predicted octanol–water partition coefficient (Wildman–Crippen LogP) is 5.41. The Labute approximate surface area is 211 Å². The molecule has 2 amide bonds. The maximum absolute atomic E-state index is 13.2. The largest absolute Gasteiger partial charge is 0.491 e. The maximum Gasteiger partial charge on any atom is 0.420 e. The molecule has 1 atom stereocenters. The van der Waals surface area contributed by atoms with E-state index in [4.69, 9.17) is 18.9 Å². The van der Waals surface area contributed by atoms with Crippen molar-refractivity contribution >= 4 is 23.8 Å². The molecule has 2 N–H and O–H groups in total. The Morgan fingerprint density at radius 2 is 1.69 bits per heavy atom. The first kappa shape index (κ1) is 26.9. The van der Waals surface area contributed by atoms with Gasteiger partial charge in [0.25, 0.3) is 0 Å². The van der Waals surface area contributed by atoms with Gasteiger partial charge in [-0.05, 0) is 66.2 Å². The number of hydrogen-bond donors (Lipinski definition) is 2. The molecule has 0 spiro atoms. The molecule has 2 heterocycles. The second-order valence-corrected chi connectivity index (χ2v) is 10.3. The van der Waals surface area contributed by atoms with Gasteiger partial charge in [-0.25, -0.2) is 19.3 Å². The molecule has 1 aliphatic heterocycles. The predicted molar refractivity (Wildman–Crippen MR) is 133 cm³/mol. The summed E-state index contributed by atoms with van der Waals surface area (Å²) in [6.07, 6.45) is -0.00440. The number of fused-ring (bicyclic) bond motifs is 1. The molecule has 1 aromatic heterocycles. The van der Waals surface area contributed by atoms with Crippen molar-refractivity contribution in [2.24, 2.45) is 0 Å². The fourth-order valence-corrected chi connectivity index (χ4v) is 3.73. The summed E-state index contributed by atoms with van der Waals surface area (Å²) in [5, 5.41) is 3.23. The van der Waals surface area contributed by atoms with E-state index >= 15 is 0 Å². The monoisotopic (exact) mass is 501 g/mol. The number of carbonyl (C=O) groups excluding carboxylic acids is 3. The minimum atomic E-state index is -0.823. The van der Waals surface area contributed by atoms with Gasteiger partial charge in [-0.1, -0.05) is 12.1 Å². The topological polar surface area (TPSA) is 119 Å². The highest BCUT2D eigenvalue weighted by molar-refractivity contribution is 5.93. The van der Waals surface area contributed by atoms with Gasteiger partial charge in [0, 0.05) is 18.3 Å². The van der Waals surface area contributed by atoms with Crippen LogP contribution in [0.25, 0.3) is 0 Å². The van der Waals surface area contributed by atoms with Crippen LogP contribution in [0.4, 0.5) is 15.3 Å². The van der Waals surface area contributed by atoms with Gasteiger partial charge in [-0.2, -0.15) is 0 Å². The van der Waals surface area contributed by atoms with E-state index in [0.29, 0.717) is 29.2 Å². The standard InChI is InChI=1S/C26H35N3O7/c1-8-33-22(30)21-17(12-13-27-21)28-14-16-10-9-11-19-20(16)18(15-34-19)29(23(31)35-25(2,3)4)24(32)36-26(5,6)7/h9-13,18,27-28H,8,14-15H2,1-7H3. The number of amides is 2. The van der Waals surface area contributed by atoms with Gasteiger partial charge in [0.2, 0.25) is 0 Å². The number of nitrogens with one attached hydrogen (secondary N) is 2. The minimum Gasteiger partial charge on any atom is -0.491 e. The van der Waals surface area contributed by atoms with Crippen LogP contribution in [0.2, 0.25) is 0 Å². The molecule has 0 aliphatic carbocycles. The fraction of sp³-hybridized carbons (Fsp3) is 0.500. The van der Waals surface area contributed by atoms with Crippen molar-refractivity contribution in [3.05, 3.63) is 47.3 Å². The molecule has 1 aliphatic rings. The first-order chi connectivity index (χ1) is 16.8. The van der Waals surface area contributed by atoms with E-state index in [9.17, 15) is 14.4 Å². The van der Waals surface area contributed by atoms with Crippen molar-refractivity contribution in [1.82, 2.24) is 9.88 Å². The van der Waals surface area contributed by atoms with E-state index < -0.39 is 35.4 Å². The van der Waals surface area contributed by atoms with Gasteiger partial charge < -0.3 is 29.2 Å². The van der Waals surface area contributed by atoms with Crippen LogP contribution < -0.4 is 10.1 Å². The Morgan fingerprint density at radius 1 is 1.06 bits per heavy atom. The van der Waals surface area contributed by atoms with Crippen molar-refractivity contribution in [2.75, 3.05) is 18.5 Å². The third-order valence-corrected chi connectivity index (χ3v) is 5.07. The van der Waals surface area contributed by atoms with Gasteiger partial charge >= 0.3 is 18.2 Å². The molecule has 0 saturated carbocycles. The average molecular weight is 502 g/mol. The van der Waals surface area contributed by atoms with Gasteiger partial charge in [-0.15, -0.1) is 0 Å². The molecule has 0 radical (unpaired) electrons. The van der Waals surface area contributed by atoms with Crippen LogP contribution in [-0.4, -0.2) is 52.5 Å². The number of H-pyrrole nitrogens is 1. The number of nitrogens with zero attached hydrogens (tertiary/aromatic N) is 1. The Morgan fingerprint density at radius 3 is 2.28 bits per heavy atom. The zero-order valence-electron chi connectivity index (χ0n) is 21.9. The van der Waals surface area contributed by atoms with Crippen molar-refractivity contribution in [1.29, 1.82) is 0 Å². The second-order valence-electron chi connectivity index (χ2n) is 10.3. The van der Waals surface area contributed by atoms with Crippen LogP contribution in [0.5, 0.6) is 5.75 Å². The van der Waals surface area contributed by atoms with Crippen LogP contribution in [0, 0.1) is 0 Å². The van der Waals surface area contributed by atoms with E-state index in [2.05, 4.69) is 10.3 Å². The van der Waals surface area contributed by atoms with Crippen LogP contribution in [0.1, 0.15) is 76.1 Å². The molecular formula is C26H35N3O7.